The Morgan fingerprint density at radius 1 is 1.37 bits per heavy atom. The number of thiophene rings is 1. The lowest BCUT2D eigenvalue weighted by Crippen LogP contribution is -2.17. The number of aryl methyl sites for hydroxylation is 1. The van der Waals surface area contributed by atoms with Gasteiger partial charge in [-0.15, -0.1) is 11.3 Å². The third-order valence-corrected chi connectivity index (χ3v) is 5.39. The maximum absolute atomic E-state index is 6.01. The maximum Gasteiger partial charge on any atom is 0.125 e. The fourth-order valence-electron chi connectivity index (χ4n) is 2.00. The molecule has 1 aromatic carbocycles. The molecule has 1 atom stereocenters. The lowest BCUT2D eigenvalue weighted by Gasteiger charge is -2.18. The Kier molecular flexibility index (Phi) is 4.90. The van der Waals surface area contributed by atoms with Crippen LogP contribution in [0.25, 0.3) is 0 Å². The van der Waals surface area contributed by atoms with E-state index in [-0.39, 0.29) is 6.04 Å². The van der Waals surface area contributed by atoms with Crippen molar-refractivity contribution >= 4 is 38.9 Å². The van der Waals surface area contributed by atoms with Crippen molar-refractivity contribution in [1.29, 1.82) is 0 Å². The van der Waals surface area contributed by atoms with E-state index in [1.807, 2.05) is 25.2 Å². The Labute approximate surface area is 130 Å². The standard InChI is InChI=1S/C14H15BrClNOS/c1-8-11(15)7-13(19-8)14(17-2)10-5-4-9(16)6-12(10)18-3/h4-7,14,17H,1-3H3. The Balaban J connectivity index is 2.47. The summed E-state index contributed by atoms with van der Waals surface area (Å²) >= 11 is 11.3. The van der Waals surface area contributed by atoms with Crippen LogP contribution in [0.15, 0.2) is 28.7 Å². The van der Waals surface area contributed by atoms with Crippen LogP contribution in [-0.4, -0.2) is 14.2 Å². The van der Waals surface area contributed by atoms with Gasteiger partial charge in [0.05, 0.1) is 13.2 Å². The molecule has 0 bridgehead atoms. The van der Waals surface area contributed by atoms with Crippen LogP contribution in [0, 0.1) is 6.92 Å². The van der Waals surface area contributed by atoms with E-state index >= 15 is 0 Å². The summed E-state index contributed by atoms with van der Waals surface area (Å²) in [4.78, 5) is 2.51. The number of hydrogen-bond donors (Lipinski definition) is 1. The van der Waals surface area contributed by atoms with Gasteiger partial charge in [-0.2, -0.15) is 0 Å². The topological polar surface area (TPSA) is 21.3 Å². The number of nitrogens with one attached hydrogen (secondary N) is 1. The van der Waals surface area contributed by atoms with E-state index in [0.29, 0.717) is 5.02 Å². The molecule has 19 heavy (non-hydrogen) atoms. The molecule has 0 amide bonds. The van der Waals surface area contributed by atoms with Crippen LogP contribution < -0.4 is 10.1 Å². The van der Waals surface area contributed by atoms with Crippen molar-refractivity contribution in [3.05, 3.63) is 49.1 Å². The first-order chi connectivity index (χ1) is 9.06. The number of rotatable bonds is 4. The first-order valence-electron chi connectivity index (χ1n) is 5.83. The average molecular weight is 361 g/mol. The van der Waals surface area contributed by atoms with Crippen molar-refractivity contribution in [3.63, 3.8) is 0 Å². The van der Waals surface area contributed by atoms with Gasteiger partial charge in [0, 0.05) is 24.8 Å². The molecule has 2 nitrogen and oxygen atoms in total. The molecular formula is C14H15BrClNOS. The zero-order valence-electron chi connectivity index (χ0n) is 11.0. The zero-order chi connectivity index (χ0) is 14.0. The Morgan fingerprint density at radius 2 is 2.11 bits per heavy atom. The van der Waals surface area contributed by atoms with Crippen LogP contribution in [0.2, 0.25) is 5.02 Å². The van der Waals surface area contributed by atoms with Crippen LogP contribution in [0.4, 0.5) is 0 Å². The molecule has 102 valence electrons. The van der Waals surface area contributed by atoms with Gasteiger partial charge >= 0.3 is 0 Å². The summed E-state index contributed by atoms with van der Waals surface area (Å²) in [5.41, 5.74) is 1.09. The van der Waals surface area contributed by atoms with E-state index in [1.54, 1.807) is 18.4 Å². The highest BCUT2D eigenvalue weighted by atomic mass is 79.9. The highest BCUT2D eigenvalue weighted by Crippen LogP contribution is 2.37. The minimum atomic E-state index is 0.0993. The molecule has 2 rings (SSSR count). The minimum absolute atomic E-state index is 0.0993. The first kappa shape index (κ1) is 14.9. The van der Waals surface area contributed by atoms with Gasteiger partial charge in [-0.25, -0.2) is 0 Å². The number of hydrogen-bond acceptors (Lipinski definition) is 3. The maximum atomic E-state index is 6.01. The van der Waals surface area contributed by atoms with Crippen molar-refractivity contribution < 1.29 is 4.74 Å². The second-order valence-electron chi connectivity index (χ2n) is 4.16. The van der Waals surface area contributed by atoms with E-state index in [4.69, 9.17) is 16.3 Å². The van der Waals surface area contributed by atoms with E-state index in [2.05, 4.69) is 34.2 Å². The van der Waals surface area contributed by atoms with E-state index < -0.39 is 0 Å². The van der Waals surface area contributed by atoms with Crippen molar-refractivity contribution in [1.82, 2.24) is 5.32 Å². The second-order valence-corrected chi connectivity index (χ2v) is 6.74. The number of halogens is 2. The van der Waals surface area contributed by atoms with Crippen molar-refractivity contribution in [2.75, 3.05) is 14.2 Å². The van der Waals surface area contributed by atoms with Crippen LogP contribution >= 0.6 is 38.9 Å². The van der Waals surface area contributed by atoms with Crippen LogP contribution in [0.1, 0.15) is 21.4 Å². The molecule has 0 aliphatic carbocycles. The molecule has 0 saturated carbocycles. The second kappa shape index (κ2) is 6.27. The summed E-state index contributed by atoms with van der Waals surface area (Å²) in [7, 11) is 3.61. The van der Waals surface area contributed by atoms with Gasteiger partial charge in [-0.3, -0.25) is 0 Å². The largest absolute Gasteiger partial charge is 0.496 e. The molecule has 0 aliphatic rings. The third kappa shape index (κ3) is 3.14. The summed E-state index contributed by atoms with van der Waals surface area (Å²) in [5, 5.41) is 4.02. The molecule has 0 saturated heterocycles. The summed E-state index contributed by atoms with van der Waals surface area (Å²) in [6.45, 7) is 2.10. The first-order valence-corrected chi connectivity index (χ1v) is 7.82. The van der Waals surface area contributed by atoms with Gasteiger partial charge < -0.3 is 10.1 Å². The quantitative estimate of drug-likeness (QED) is 0.846. The van der Waals surface area contributed by atoms with Gasteiger partial charge in [0.25, 0.3) is 0 Å². The molecule has 1 heterocycles. The van der Waals surface area contributed by atoms with Gasteiger partial charge in [-0.05, 0) is 48.1 Å². The van der Waals surface area contributed by atoms with Crippen LogP contribution in [0.3, 0.4) is 0 Å². The van der Waals surface area contributed by atoms with E-state index in [1.165, 1.54) is 9.75 Å². The molecule has 5 heteroatoms. The molecule has 0 radical (unpaired) electrons. The molecule has 1 unspecified atom stereocenters. The van der Waals surface area contributed by atoms with E-state index in [0.717, 1.165) is 15.8 Å². The normalized spacial score (nSPS) is 12.5. The number of benzene rings is 1. The van der Waals surface area contributed by atoms with Gasteiger partial charge in [-0.1, -0.05) is 17.7 Å². The summed E-state index contributed by atoms with van der Waals surface area (Å²) in [6.07, 6.45) is 0. The molecule has 1 N–H and O–H groups in total. The lowest BCUT2D eigenvalue weighted by atomic mass is 10.0. The molecule has 0 aliphatic heterocycles. The summed E-state index contributed by atoms with van der Waals surface area (Å²) in [6, 6.07) is 7.98. The Bertz CT molecular complexity index is 565. The number of ether oxygens (including phenoxy) is 1. The van der Waals surface area contributed by atoms with Crippen molar-refractivity contribution in [3.8, 4) is 5.75 Å². The highest BCUT2D eigenvalue weighted by Gasteiger charge is 2.19. The van der Waals surface area contributed by atoms with Crippen molar-refractivity contribution in [2.45, 2.75) is 13.0 Å². The SMILES string of the molecule is CNC(c1cc(Br)c(C)s1)c1ccc(Cl)cc1OC. The fraction of sp³-hybridized carbons (Fsp3) is 0.286. The summed E-state index contributed by atoms with van der Waals surface area (Å²) in [5.74, 6) is 0.800. The van der Waals surface area contributed by atoms with Crippen molar-refractivity contribution in [2.24, 2.45) is 0 Å². The van der Waals surface area contributed by atoms with Gasteiger partial charge in [0.1, 0.15) is 5.75 Å². The predicted molar refractivity (Wildman–Crippen MR) is 85.7 cm³/mol. The third-order valence-electron chi connectivity index (χ3n) is 2.96. The monoisotopic (exact) mass is 359 g/mol. The molecular weight excluding hydrogens is 346 g/mol. The van der Waals surface area contributed by atoms with Crippen LogP contribution in [0.5, 0.6) is 5.75 Å². The summed E-state index contributed by atoms with van der Waals surface area (Å²) < 4.78 is 6.58. The minimum Gasteiger partial charge on any atom is -0.496 e. The van der Waals surface area contributed by atoms with Crippen LogP contribution in [-0.2, 0) is 0 Å². The smallest absolute Gasteiger partial charge is 0.125 e. The molecule has 0 spiro atoms. The lowest BCUT2D eigenvalue weighted by molar-refractivity contribution is 0.406. The predicted octanol–water partition coefficient (Wildman–Crippen LogP) is 4.79. The molecule has 1 aromatic heterocycles. The Morgan fingerprint density at radius 3 is 2.63 bits per heavy atom. The highest BCUT2D eigenvalue weighted by molar-refractivity contribution is 9.10. The van der Waals surface area contributed by atoms with Gasteiger partial charge in [0.15, 0.2) is 0 Å². The number of methoxy groups -OCH3 is 1. The molecule has 0 fully saturated rings. The van der Waals surface area contributed by atoms with E-state index in [9.17, 15) is 0 Å². The zero-order valence-corrected chi connectivity index (χ0v) is 14.1. The average Bonchev–Trinajstić information content (AvgIpc) is 2.72. The molecule has 2 aromatic rings. The Hall–Kier alpha value is -0.550. The van der Waals surface area contributed by atoms with Gasteiger partial charge in [0.2, 0.25) is 0 Å². The fourth-order valence-corrected chi connectivity index (χ4v) is 3.85.